The number of phenols is 1. The van der Waals surface area contributed by atoms with E-state index in [0.29, 0.717) is 5.82 Å². The fourth-order valence-electron chi connectivity index (χ4n) is 3.35. The van der Waals surface area contributed by atoms with Gasteiger partial charge in [0.25, 0.3) is 0 Å². The van der Waals surface area contributed by atoms with Gasteiger partial charge < -0.3 is 16.2 Å². The van der Waals surface area contributed by atoms with E-state index >= 15 is 0 Å². The first-order valence-corrected chi connectivity index (χ1v) is 8.71. The van der Waals surface area contributed by atoms with Gasteiger partial charge in [0.1, 0.15) is 11.6 Å². The molecule has 5 rings (SSSR count). The van der Waals surface area contributed by atoms with E-state index < -0.39 is 0 Å². The van der Waals surface area contributed by atoms with E-state index in [1.54, 1.807) is 30.6 Å². The van der Waals surface area contributed by atoms with E-state index in [-0.39, 0.29) is 11.7 Å². The van der Waals surface area contributed by atoms with Crippen LogP contribution < -0.4 is 11.1 Å². The Morgan fingerprint density at radius 1 is 0.929 bits per heavy atom. The van der Waals surface area contributed by atoms with Crippen LogP contribution >= 0.6 is 0 Å². The van der Waals surface area contributed by atoms with E-state index in [4.69, 9.17) is 5.73 Å². The molecule has 0 aliphatic rings. The van der Waals surface area contributed by atoms with Crippen LogP contribution in [0.5, 0.6) is 5.75 Å². The lowest BCUT2D eigenvalue weighted by atomic mass is 9.99. The number of hydrogen-bond donors (Lipinski definition) is 4. The van der Waals surface area contributed by atoms with Crippen molar-refractivity contribution in [3.05, 3.63) is 67.0 Å². The molecule has 0 bridgehead atoms. The van der Waals surface area contributed by atoms with Gasteiger partial charge in [-0.05, 0) is 52.7 Å². The zero-order valence-corrected chi connectivity index (χ0v) is 14.7. The number of hydrogen-bond acceptors (Lipinski definition) is 6. The third-order valence-corrected chi connectivity index (χ3v) is 4.63. The van der Waals surface area contributed by atoms with Gasteiger partial charge in [-0.2, -0.15) is 10.1 Å². The number of anilines is 3. The average Bonchev–Trinajstić information content (AvgIpc) is 3.15. The van der Waals surface area contributed by atoms with Crippen LogP contribution in [0.1, 0.15) is 0 Å². The third kappa shape index (κ3) is 2.84. The lowest BCUT2D eigenvalue weighted by Crippen LogP contribution is -1.99. The number of rotatable bonds is 3. The minimum Gasteiger partial charge on any atom is -0.508 e. The van der Waals surface area contributed by atoms with Crippen molar-refractivity contribution in [2.75, 3.05) is 11.1 Å². The van der Waals surface area contributed by atoms with Crippen LogP contribution in [0, 0.1) is 0 Å². The van der Waals surface area contributed by atoms with Gasteiger partial charge in [0.15, 0.2) is 0 Å². The van der Waals surface area contributed by atoms with Gasteiger partial charge in [0, 0.05) is 22.8 Å². The Balaban J connectivity index is 1.64. The van der Waals surface area contributed by atoms with Crippen molar-refractivity contribution in [1.29, 1.82) is 0 Å². The molecule has 5 aromatic rings. The van der Waals surface area contributed by atoms with Crippen LogP contribution in [0.4, 0.5) is 17.5 Å². The maximum absolute atomic E-state index is 9.69. The van der Waals surface area contributed by atoms with Crippen LogP contribution in [-0.2, 0) is 0 Å². The molecule has 0 atom stereocenters. The molecule has 7 heteroatoms. The minimum atomic E-state index is 0.215. The minimum absolute atomic E-state index is 0.215. The first-order valence-electron chi connectivity index (χ1n) is 8.71. The molecular weight excluding hydrogens is 352 g/mol. The standard InChI is InChI=1S/C21H16N6O/c22-21-23-6-5-19(26-21)25-16-8-15-11-24-27-20(15)18(10-16)14-2-1-13-9-17(28)4-3-12(13)7-14/h1-11,28H,(H,24,27)(H3,22,23,25,26). The van der Waals surface area contributed by atoms with Gasteiger partial charge >= 0.3 is 0 Å². The molecule has 0 fully saturated rings. The summed E-state index contributed by atoms with van der Waals surface area (Å²) in [6, 6.07) is 17.3. The Labute approximate surface area is 159 Å². The molecule has 7 nitrogen and oxygen atoms in total. The molecule has 0 saturated heterocycles. The van der Waals surface area contributed by atoms with Gasteiger partial charge in [-0.1, -0.05) is 18.2 Å². The molecule has 5 N–H and O–H groups in total. The second kappa shape index (κ2) is 6.24. The first-order chi connectivity index (χ1) is 13.7. The molecule has 0 unspecified atom stereocenters. The van der Waals surface area contributed by atoms with Crippen molar-refractivity contribution < 1.29 is 5.11 Å². The summed E-state index contributed by atoms with van der Waals surface area (Å²) in [7, 11) is 0. The predicted molar refractivity (Wildman–Crippen MR) is 110 cm³/mol. The largest absolute Gasteiger partial charge is 0.508 e. The Hall–Kier alpha value is -4.13. The molecule has 0 spiro atoms. The summed E-state index contributed by atoms with van der Waals surface area (Å²) in [6.45, 7) is 0. The van der Waals surface area contributed by atoms with Gasteiger partial charge in [0.05, 0.1) is 11.7 Å². The lowest BCUT2D eigenvalue weighted by molar-refractivity contribution is 0.476. The van der Waals surface area contributed by atoms with Crippen molar-refractivity contribution in [2.45, 2.75) is 0 Å². The highest BCUT2D eigenvalue weighted by Gasteiger charge is 2.10. The molecule has 0 saturated carbocycles. The molecule has 2 aromatic heterocycles. The molecule has 28 heavy (non-hydrogen) atoms. The number of aromatic amines is 1. The predicted octanol–water partition coefficient (Wildman–Crippen LogP) is 4.20. The molecule has 0 aliphatic heterocycles. The second-order valence-corrected chi connectivity index (χ2v) is 6.53. The number of nitrogen functional groups attached to an aromatic ring is 1. The van der Waals surface area contributed by atoms with Crippen LogP contribution in [0.3, 0.4) is 0 Å². The number of aromatic hydroxyl groups is 1. The SMILES string of the molecule is Nc1nccc(Nc2cc(-c3ccc4cc(O)ccc4c3)c3[nH]ncc3c2)n1. The fourth-order valence-corrected chi connectivity index (χ4v) is 3.35. The number of nitrogens with two attached hydrogens (primary N) is 1. The van der Waals surface area contributed by atoms with Gasteiger partial charge in [-0.15, -0.1) is 0 Å². The Bertz CT molecular complexity index is 1330. The zero-order chi connectivity index (χ0) is 19.1. The molecule has 0 amide bonds. The summed E-state index contributed by atoms with van der Waals surface area (Å²) in [4.78, 5) is 8.11. The Morgan fingerprint density at radius 3 is 2.68 bits per heavy atom. The Morgan fingerprint density at radius 2 is 1.79 bits per heavy atom. The molecular formula is C21H16N6O. The summed E-state index contributed by atoms with van der Waals surface area (Å²) in [6.07, 6.45) is 3.40. The second-order valence-electron chi connectivity index (χ2n) is 6.53. The molecule has 0 aliphatic carbocycles. The maximum Gasteiger partial charge on any atom is 0.221 e. The first kappa shape index (κ1) is 16.1. The summed E-state index contributed by atoms with van der Waals surface area (Å²) in [5, 5.41) is 23.2. The van der Waals surface area contributed by atoms with Gasteiger partial charge in [-0.3, -0.25) is 5.10 Å². The number of fused-ring (bicyclic) bond motifs is 2. The maximum atomic E-state index is 9.69. The van der Waals surface area contributed by atoms with Crippen LogP contribution in [0.15, 0.2) is 67.0 Å². The number of phenolic OH excluding ortho intramolecular Hbond substituents is 1. The smallest absolute Gasteiger partial charge is 0.221 e. The summed E-state index contributed by atoms with van der Waals surface area (Å²) in [5.74, 6) is 1.09. The number of aromatic nitrogens is 4. The normalized spacial score (nSPS) is 11.1. The van der Waals surface area contributed by atoms with Gasteiger partial charge in [0.2, 0.25) is 5.95 Å². The van der Waals surface area contributed by atoms with Gasteiger partial charge in [-0.25, -0.2) is 4.98 Å². The Kier molecular flexibility index (Phi) is 3.58. The van der Waals surface area contributed by atoms with Crippen molar-refractivity contribution in [2.24, 2.45) is 0 Å². The van der Waals surface area contributed by atoms with E-state index in [9.17, 15) is 5.11 Å². The lowest BCUT2D eigenvalue weighted by Gasteiger charge is -2.11. The highest BCUT2D eigenvalue weighted by molar-refractivity contribution is 5.99. The van der Waals surface area contributed by atoms with Crippen LogP contribution in [-0.4, -0.2) is 25.3 Å². The quantitative estimate of drug-likeness (QED) is 0.379. The van der Waals surface area contributed by atoms with Crippen molar-refractivity contribution in [3.63, 3.8) is 0 Å². The summed E-state index contributed by atoms with van der Waals surface area (Å²) < 4.78 is 0. The average molecular weight is 368 g/mol. The highest BCUT2D eigenvalue weighted by Crippen LogP contribution is 2.34. The van der Waals surface area contributed by atoms with Crippen molar-refractivity contribution >= 4 is 39.1 Å². The number of benzene rings is 3. The van der Waals surface area contributed by atoms with Crippen LogP contribution in [0.25, 0.3) is 32.8 Å². The van der Waals surface area contributed by atoms with E-state index in [2.05, 4.69) is 31.5 Å². The number of nitrogens with zero attached hydrogens (tertiary/aromatic N) is 3. The summed E-state index contributed by atoms with van der Waals surface area (Å²) in [5.41, 5.74) is 9.54. The van der Waals surface area contributed by atoms with E-state index in [1.165, 1.54) is 0 Å². The van der Waals surface area contributed by atoms with Crippen molar-refractivity contribution in [3.8, 4) is 16.9 Å². The zero-order valence-electron chi connectivity index (χ0n) is 14.7. The van der Waals surface area contributed by atoms with Crippen molar-refractivity contribution in [1.82, 2.24) is 20.2 Å². The van der Waals surface area contributed by atoms with Crippen LogP contribution in [0.2, 0.25) is 0 Å². The highest BCUT2D eigenvalue weighted by atomic mass is 16.3. The monoisotopic (exact) mass is 368 g/mol. The fraction of sp³-hybridized carbons (Fsp3) is 0. The number of H-pyrrole nitrogens is 1. The molecule has 2 heterocycles. The van der Waals surface area contributed by atoms with E-state index in [0.717, 1.165) is 38.5 Å². The molecule has 0 radical (unpaired) electrons. The number of nitrogens with one attached hydrogen (secondary N) is 2. The molecule has 136 valence electrons. The van der Waals surface area contributed by atoms with E-state index in [1.807, 2.05) is 30.3 Å². The summed E-state index contributed by atoms with van der Waals surface area (Å²) >= 11 is 0. The molecule has 3 aromatic carbocycles. The topological polar surface area (TPSA) is 113 Å². The third-order valence-electron chi connectivity index (χ3n) is 4.63.